The van der Waals surface area contributed by atoms with Crippen molar-refractivity contribution in [1.82, 2.24) is 4.31 Å². The Kier molecular flexibility index (Phi) is 6.26. The Bertz CT molecular complexity index is 932. The molecule has 0 saturated carbocycles. The number of hydrogen-bond donors (Lipinski definition) is 1. The molecule has 26 heavy (non-hydrogen) atoms. The molecule has 0 radical (unpaired) electrons. The van der Waals surface area contributed by atoms with Gasteiger partial charge >= 0.3 is 0 Å². The fourth-order valence-electron chi connectivity index (χ4n) is 2.97. The number of amides is 1. The molecule has 2 rings (SSSR count). The van der Waals surface area contributed by atoms with E-state index in [1.807, 2.05) is 38.1 Å². The summed E-state index contributed by atoms with van der Waals surface area (Å²) in [4.78, 5) is 12.6. The van der Waals surface area contributed by atoms with Gasteiger partial charge in [-0.1, -0.05) is 33.6 Å². The molecule has 0 unspecified atom stereocenters. The first-order valence-corrected chi connectivity index (χ1v) is 10.4. The summed E-state index contributed by atoms with van der Waals surface area (Å²) in [6.07, 6.45) is 0. The Balaban J connectivity index is 2.20. The topological polar surface area (TPSA) is 66.5 Å². The van der Waals surface area contributed by atoms with Crippen LogP contribution in [0.5, 0.6) is 0 Å². The number of halogens is 1. The molecule has 1 N–H and O–H groups in total. The van der Waals surface area contributed by atoms with Crippen molar-refractivity contribution >= 4 is 37.5 Å². The van der Waals surface area contributed by atoms with Gasteiger partial charge in [0, 0.05) is 17.2 Å². The van der Waals surface area contributed by atoms with Gasteiger partial charge in [-0.25, -0.2) is 8.42 Å². The summed E-state index contributed by atoms with van der Waals surface area (Å²) in [6.45, 7) is 7.08. The normalized spacial score (nSPS) is 11.7. The van der Waals surface area contributed by atoms with Crippen LogP contribution in [0.25, 0.3) is 0 Å². The fourth-order valence-corrected chi connectivity index (χ4v) is 4.98. The Hall–Kier alpha value is -1.70. The molecule has 0 bridgehead atoms. The van der Waals surface area contributed by atoms with Gasteiger partial charge in [-0.15, -0.1) is 0 Å². The van der Waals surface area contributed by atoms with Gasteiger partial charge in [-0.05, 0) is 62.6 Å². The predicted octanol–water partition coefficient (Wildman–Crippen LogP) is 3.94. The number of nitrogens with zero attached hydrogens (tertiary/aromatic N) is 1. The highest BCUT2D eigenvalue weighted by molar-refractivity contribution is 9.10. The molecular formula is C19H23BrN2O3S. The number of anilines is 1. The minimum absolute atomic E-state index is 0.259. The molecule has 0 aliphatic heterocycles. The lowest BCUT2D eigenvalue weighted by atomic mass is 10.1. The average Bonchev–Trinajstić information content (AvgIpc) is 2.48. The van der Waals surface area contributed by atoms with Crippen LogP contribution in [0, 0.1) is 27.7 Å². The number of hydrogen-bond acceptors (Lipinski definition) is 3. The van der Waals surface area contributed by atoms with Crippen LogP contribution >= 0.6 is 15.9 Å². The van der Waals surface area contributed by atoms with Gasteiger partial charge in [-0.3, -0.25) is 4.79 Å². The number of aryl methyl sites for hydroxylation is 4. The first kappa shape index (κ1) is 20.6. The summed E-state index contributed by atoms with van der Waals surface area (Å²) in [5.41, 5.74) is 3.91. The van der Waals surface area contributed by atoms with Crippen molar-refractivity contribution in [1.29, 1.82) is 0 Å². The van der Waals surface area contributed by atoms with Crippen molar-refractivity contribution < 1.29 is 13.2 Å². The van der Waals surface area contributed by atoms with Crippen molar-refractivity contribution in [3.05, 3.63) is 57.1 Å². The maximum Gasteiger partial charge on any atom is 0.243 e. The molecule has 1 amide bonds. The largest absolute Gasteiger partial charge is 0.325 e. The molecule has 0 spiro atoms. The number of carbonyl (C=O) groups is 1. The Morgan fingerprint density at radius 1 is 1.04 bits per heavy atom. The molecule has 0 aliphatic carbocycles. The molecule has 140 valence electrons. The molecule has 2 aromatic carbocycles. The number of sulfonamides is 1. The minimum Gasteiger partial charge on any atom is -0.325 e. The summed E-state index contributed by atoms with van der Waals surface area (Å²) >= 11 is 3.37. The van der Waals surface area contributed by atoms with Crippen molar-refractivity contribution in [2.45, 2.75) is 32.6 Å². The zero-order valence-electron chi connectivity index (χ0n) is 15.6. The molecule has 0 heterocycles. The van der Waals surface area contributed by atoms with E-state index in [1.54, 1.807) is 19.9 Å². The third-order valence-corrected chi connectivity index (χ3v) is 6.70. The van der Waals surface area contributed by atoms with Crippen LogP contribution in [0.15, 0.2) is 39.7 Å². The highest BCUT2D eigenvalue weighted by atomic mass is 79.9. The molecular weight excluding hydrogens is 416 g/mol. The first-order chi connectivity index (χ1) is 12.0. The Labute approximate surface area is 163 Å². The summed E-state index contributed by atoms with van der Waals surface area (Å²) in [6, 6.07) is 9.15. The van der Waals surface area contributed by atoms with E-state index in [-0.39, 0.29) is 17.3 Å². The molecule has 0 fully saturated rings. The van der Waals surface area contributed by atoms with Crippen LogP contribution in [-0.4, -0.2) is 32.2 Å². The monoisotopic (exact) mass is 438 g/mol. The fraction of sp³-hybridized carbons (Fsp3) is 0.316. The van der Waals surface area contributed by atoms with Crippen LogP contribution in [0.2, 0.25) is 0 Å². The second kappa shape index (κ2) is 7.90. The molecule has 0 saturated heterocycles. The van der Waals surface area contributed by atoms with E-state index < -0.39 is 10.0 Å². The smallest absolute Gasteiger partial charge is 0.243 e. The van der Waals surface area contributed by atoms with Gasteiger partial charge < -0.3 is 5.32 Å². The van der Waals surface area contributed by atoms with Crippen molar-refractivity contribution in [3.8, 4) is 0 Å². The molecule has 2 aromatic rings. The van der Waals surface area contributed by atoms with E-state index in [9.17, 15) is 13.2 Å². The summed E-state index contributed by atoms with van der Waals surface area (Å²) in [5, 5.41) is 2.76. The van der Waals surface area contributed by atoms with Gasteiger partial charge in [-0.2, -0.15) is 4.31 Å². The molecule has 0 aliphatic rings. The van der Waals surface area contributed by atoms with E-state index in [0.29, 0.717) is 16.8 Å². The highest BCUT2D eigenvalue weighted by Crippen LogP contribution is 2.25. The van der Waals surface area contributed by atoms with Gasteiger partial charge in [0.2, 0.25) is 15.9 Å². The standard InChI is InChI=1S/C19H23BrN2O3S/c1-12-8-14(3)19(15(4)9-12)26(24,25)22(5)11-18(23)21-17-7-6-16(20)10-13(17)2/h6-10H,11H2,1-5H3,(H,21,23). The van der Waals surface area contributed by atoms with E-state index in [1.165, 1.54) is 7.05 Å². The van der Waals surface area contributed by atoms with E-state index in [0.717, 1.165) is 19.9 Å². The summed E-state index contributed by atoms with van der Waals surface area (Å²) < 4.78 is 27.8. The Morgan fingerprint density at radius 3 is 2.15 bits per heavy atom. The first-order valence-electron chi connectivity index (χ1n) is 8.12. The van der Waals surface area contributed by atoms with Crippen molar-refractivity contribution in [2.24, 2.45) is 0 Å². The van der Waals surface area contributed by atoms with E-state index in [2.05, 4.69) is 21.2 Å². The zero-order chi connectivity index (χ0) is 19.6. The third kappa shape index (κ3) is 4.52. The van der Waals surface area contributed by atoms with Crippen molar-refractivity contribution in [2.75, 3.05) is 18.9 Å². The highest BCUT2D eigenvalue weighted by Gasteiger charge is 2.26. The maximum absolute atomic E-state index is 12.9. The lowest BCUT2D eigenvalue weighted by Crippen LogP contribution is -2.35. The molecule has 0 aromatic heterocycles. The molecule has 7 heteroatoms. The zero-order valence-corrected chi connectivity index (χ0v) is 18.0. The van der Waals surface area contributed by atoms with Crippen LogP contribution < -0.4 is 5.32 Å². The average molecular weight is 439 g/mol. The number of carbonyl (C=O) groups excluding carboxylic acids is 1. The van der Waals surface area contributed by atoms with Crippen LogP contribution in [-0.2, 0) is 14.8 Å². The number of rotatable bonds is 5. The Morgan fingerprint density at radius 2 is 1.62 bits per heavy atom. The third-order valence-electron chi connectivity index (χ3n) is 4.10. The lowest BCUT2D eigenvalue weighted by molar-refractivity contribution is -0.116. The molecule has 5 nitrogen and oxygen atoms in total. The molecule has 0 atom stereocenters. The summed E-state index contributed by atoms with van der Waals surface area (Å²) in [5.74, 6) is -0.385. The number of likely N-dealkylation sites (N-methyl/N-ethyl adjacent to an activating group) is 1. The van der Waals surface area contributed by atoms with Crippen LogP contribution in [0.3, 0.4) is 0 Å². The maximum atomic E-state index is 12.9. The van der Waals surface area contributed by atoms with Gasteiger partial charge in [0.25, 0.3) is 0 Å². The van der Waals surface area contributed by atoms with Crippen molar-refractivity contribution in [3.63, 3.8) is 0 Å². The lowest BCUT2D eigenvalue weighted by Gasteiger charge is -2.20. The number of benzene rings is 2. The second-order valence-electron chi connectivity index (χ2n) is 6.50. The van der Waals surface area contributed by atoms with Gasteiger partial charge in [0.1, 0.15) is 0 Å². The quantitative estimate of drug-likeness (QED) is 0.768. The van der Waals surface area contributed by atoms with Gasteiger partial charge in [0.05, 0.1) is 11.4 Å². The summed E-state index contributed by atoms with van der Waals surface area (Å²) in [7, 11) is -2.34. The van der Waals surface area contributed by atoms with E-state index in [4.69, 9.17) is 0 Å². The number of nitrogens with one attached hydrogen (secondary N) is 1. The van der Waals surface area contributed by atoms with Crippen LogP contribution in [0.1, 0.15) is 22.3 Å². The minimum atomic E-state index is -3.76. The van der Waals surface area contributed by atoms with Gasteiger partial charge in [0.15, 0.2) is 0 Å². The SMILES string of the molecule is Cc1cc(C)c(S(=O)(=O)N(C)CC(=O)Nc2ccc(Br)cc2C)c(C)c1. The predicted molar refractivity (Wildman–Crippen MR) is 108 cm³/mol. The van der Waals surface area contributed by atoms with Crippen LogP contribution in [0.4, 0.5) is 5.69 Å². The van der Waals surface area contributed by atoms with E-state index >= 15 is 0 Å². The second-order valence-corrected chi connectivity index (χ2v) is 9.39.